The van der Waals surface area contributed by atoms with Crippen LogP contribution in [0.25, 0.3) is 6.08 Å². The zero-order valence-electron chi connectivity index (χ0n) is 16.6. The summed E-state index contributed by atoms with van der Waals surface area (Å²) in [5.41, 5.74) is 1.66. The van der Waals surface area contributed by atoms with Crippen molar-refractivity contribution < 1.29 is 9.53 Å². The van der Waals surface area contributed by atoms with Gasteiger partial charge in [-0.05, 0) is 54.9 Å². The molecule has 0 radical (unpaired) electrons. The first-order valence-corrected chi connectivity index (χ1v) is 11.6. The van der Waals surface area contributed by atoms with Crippen LogP contribution in [0.1, 0.15) is 30.9 Å². The van der Waals surface area contributed by atoms with Crippen LogP contribution in [0.2, 0.25) is 5.02 Å². The molecule has 4 rings (SSSR count). The van der Waals surface area contributed by atoms with Gasteiger partial charge >= 0.3 is 0 Å². The first kappa shape index (κ1) is 21.8. The Kier molecular flexibility index (Phi) is 6.60. The van der Waals surface area contributed by atoms with Crippen molar-refractivity contribution in [1.82, 2.24) is 5.01 Å². The molecule has 158 valence electrons. The molecule has 0 unspecified atom stereocenters. The van der Waals surface area contributed by atoms with Crippen molar-refractivity contribution in [2.24, 2.45) is 10.1 Å². The van der Waals surface area contributed by atoms with Crippen LogP contribution in [0.4, 0.5) is 0 Å². The van der Waals surface area contributed by atoms with Gasteiger partial charge in [0.15, 0.2) is 5.84 Å². The molecule has 1 N–H and O–H groups in total. The fourth-order valence-electron chi connectivity index (χ4n) is 3.04. The summed E-state index contributed by atoms with van der Waals surface area (Å²) < 4.78 is 6.82. The van der Waals surface area contributed by atoms with E-state index in [0.717, 1.165) is 27.9 Å². The van der Waals surface area contributed by atoms with Crippen molar-refractivity contribution in [2.75, 3.05) is 0 Å². The number of hydrazone groups is 1. The zero-order valence-corrected chi connectivity index (χ0v) is 19.7. The molecule has 0 bridgehead atoms. The summed E-state index contributed by atoms with van der Waals surface area (Å²) in [6.45, 7) is 2.33. The van der Waals surface area contributed by atoms with Gasteiger partial charge < -0.3 is 4.74 Å². The summed E-state index contributed by atoms with van der Waals surface area (Å²) in [5, 5.41) is 16.3. The van der Waals surface area contributed by atoms with Gasteiger partial charge in [-0.3, -0.25) is 10.2 Å². The van der Waals surface area contributed by atoms with Crippen LogP contribution in [0.5, 0.6) is 5.75 Å². The Morgan fingerprint density at radius 1 is 1.29 bits per heavy atom. The number of hydrogen-bond donors (Lipinski definition) is 1. The van der Waals surface area contributed by atoms with Crippen LogP contribution in [-0.4, -0.2) is 27.0 Å². The third-order valence-electron chi connectivity index (χ3n) is 4.57. The number of nitrogens with one attached hydrogen (secondary N) is 1. The molecule has 31 heavy (non-hydrogen) atoms. The molecular formula is C22H18BrClN4O2S. The molecular weight excluding hydrogens is 500 g/mol. The third-order valence-corrected chi connectivity index (χ3v) is 6.40. The summed E-state index contributed by atoms with van der Waals surface area (Å²) >= 11 is 11.0. The number of ether oxygens (including phenoxy) is 1. The lowest BCUT2D eigenvalue weighted by atomic mass is 10.1. The van der Waals surface area contributed by atoms with Gasteiger partial charge in [0.05, 0.1) is 5.57 Å². The largest absolute Gasteiger partial charge is 0.488 e. The number of hydrogen-bond acceptors (Lipinski definition) is 5. The number of halogens is 2. The molecule has 2 aliphatic heterocycles. The standard InChI is InChI=1S/C22H18BrClN4O2S/c1-2-5-19-27-28-20(25)16(21(29)26-22(28)31-19)11-14-10-15(23)8-9-18(14)30-12-13-6-3-4-7-17(13)24/h3-4,6-11,25H,2,5,12H2,1H3/b16-11+,25-20?. The van der Waals surface area contributed by atoms with Gasteiger partial charge in [0.1, 0.15) is 17.4 Å². The molecule has 0 atom stereocenters. The molecule has 6 nitrogen and oxygen atoms in total. The van der Waals surface area contributed by atoms with E-state index in [4.69, 9.17) is 21.7 Å². The van der Waals surface area contributed by atoms with Gasteiger partial charge in [0.25, 0.3) is 5.91 Å². The highest BCUT2D eigenvalue weighted by Crippen LogP contribution is 2.32. The molecule has 2 aromatic rings. The lowest BCUT2D eigenvalue weighted by molar-refractivity contribution is -0.114. The van der Waals surface area contributed by atoms with Crippen LogP contribution >= 0.6 is 39.3 Å². The number of nitrogens with zero attached hydrogens (tertiary/aromatic N) is 3. The second kappa shape index (κ2) is 9.38. The molecule has 1 amide bonds. The molecule has 2 aromatic carbocycles. The number of amides is 1. The Morgan fingerprint density at radius 2 is 2.10 bits per heavy atom. The normalized spacial score (nSPS) is 17.0. The Balaban J connectivity index is 1.64. The highest BCUT2D eigenvalue weighted by atomic mass is 79.9. The topological polar surface area (TPSA) is 78.1 Å². The van der Waals surface area contributed by atoms with Crippen LogP contribution in [0.15, 0.2) is 62.6 Å². The molecule has 0 spiro atoms. The molecule has 2 heterocycles. The fourth-order valence-corrected chi connectivity index (χ4v) is 4.59. The fraction of sp³-hybridized carbons (Fsp3) is 0.182. The average Bonchev–Trinajstić information content (AvgIpc) is 3.14. The summed E-state index contributed by atoms with van der Waals surface area (Å²) in [6.07, 6.45) is 3.34. The monoisotopic (exact) mass is 516 g/mol. The number of rotatable bonds is 6. The average molecular weight is 518 g/mol. The van der Waals surface area contributed by atoms with E-state index in [1.165, 1.54) is 16.8 Å². The minimum Gasteiger partial charge on any atom is -0.488 e. The summed E-state index contributed by atoms with van der Waals surface area (Å²) in [7, 11) is 0. The summed E-state index contributed by atoms with van der Waals surface area (Å²) in [6, 6.07) is 13.0. The Morgan fingerprint density at radius 3 is 2.87 bits per heavy atom. The molecule has 0 aliphatic carbocycles. The van der Waals surface area contributed by atoms with Crippen LogP contribution < -0.4 is 4.74 Å². The Bertz CT molecular complexity index is 1160. The summed E-state index contributed by atoms with van der Waals surface area (Å²) in [5.74, 6) is 0.108. The smallest absolute Gasteiger partial charge is 0.283 e. The van der Waals surface area contributed by atoms with Crippen molar-refractivity contribution in [2.45, 2.75) is 26.4 Å². The molecule has 2 aliphatic rings. The predicted octanol–water partition coefficient (Wildman–Crippen LogP) is 6.10. The molecule has 0 saturated heterocycles. The highest BCUT2D eigenvalue weighted by Gasteiger charge is 2.35. The number of carbonyl (C=O) groups is 1. The highest BCUT2D eigenvalue weighted by molar-refractivity contribution is 9.10. The predicted molar refractivity (Wildman–Crippen MR) is 130 cm³/mol. The van der Waals surface area contributed by atoms with E-state index >= 15 is 0 Å². The van der Waals surface area contributed by atoms with Crippen LogP contribution in [-0.2, 0) is 11.4 Å². The van der Waals surface area contributed by atoms with E-state index in [9.17, 15) is 4.79 Å². The molecule has 0 saturated carbocycles. The number of thioether (sulfide) groups is 1. The van der Waals surface area contributed by atoms with Gasteiger partial charge in [-0.2, -0.15) is 15.1 Å². The minimum absolute atomic E-state index is 0.00522. The second-order valence-corrected chi connectivity index (χ2v) is 9.19. The van der Waals surface area contributed by atoms with E-state index < -0.39 is 5.91 Å². The zero-order chi connectivity index (χ0) is 22.0. The SMILES string of the molecule is CCCC1=NN2C(=N)/C(=C\c3cc(Br)ccc3OCc3ccccc3Cl)C(=O)N=C2S1. The van der Waals surface area contributed by atoms with E-state index in [2.05, 4.69) is 32.9 Å². The number of fused-ring (bicyclic) bond motifs is 1. The quantitative estimate of drug-likeness (QED) is 0.470. The van der Waals surface area contributed by atoms with Gasteiger partial charge in [-0.25, -0.2) is 0 Å². The summed E-state index contributed by atoms with van der Waals surface area (Å²) in [4.78, 5) is 16.8. The van der Waals surface area contributed by atoms with Crippen molar-refractivity contribution in [3.8, 4) is 5.75 Å². The van der Waals surface area contributed by atoms with Gasteiger partial charge in [-0.1, -0.05) is 52.7 Å². The maximum absolute atomic E-state index is 12.7. The lowest BCUT2D eigenvalue weighted by Crippen LogP contribution is -2.35. The van der Waals surface area contributed by atoms with Crippen molar-refractivity contribution >= 4 is 67.3 Å². The van der Waals surface area contributed by atoms with Gasteiger partial charge in [0, 0.05) is 20.6 Å². The minimum atomic E-state index is -0.464. The Labute approximate surface area is 197 Å². The van der Waals surface area contributed by atoms with Gasteiger partial charge in [0.2, 0.25) is 5.17 Å². The first-order valence-electron chi connectivity index (χ1n) is 9.61. The van der Waals surface area contributed by atoms with Gasteiger partial charge in [-0.15, -0.1) is 0 Å². The number of aliphatic imine (C=N–C) groups is 1. The lowest BCUT2D eigenvalue weighted by Gasteiger charge is -2.20. The van der Waals surface area contributed by atoms with Crippen LogP contribution in [0.3, 0.4) is 0 Å². The maximum Gasteiger partial charge on any atom is 0.283 e. The van der Waals surface area contributed by atoms with E-state index in [1.54, 1.807) is 6.08 Å². The second-order valence-electron chi connectivity index (χ2n) is 6.83. The first-order chi connectivity index (χ1) is 15.0. The number of benzene rings is 2. The van der Waals surface area contributed by atoms with E-state index in [0.29, 0.717) is 21.5 Å². The number of carbonyl (C=O) groups excluding carboxylic acids is 1. The molecule has 0 aromatic heterocycles. The molecule has 0 fully saturated rings. The number of amidine groups is 2. The maximum atomic E-state index is 12.7. The van der Waals surface area contributed by atoms with Crippen molar-refractivity contribution in [3.63, 3.8) is 0 Å². The van der Waals surface area contributed by atoms with Crippen LogP contribution in [0, 0.1) is 5.41 Å². The van der Waals surface area contributed by atoms with Crippen molar-refractivity contribution in [3.05, 3.63) is 68.7 Å². The third kappa shape index (κ3) is 4.76. The Hall–Kier alpha value is -2.42. The van der Waals surface area contributed by atoms with Crippen molar-refractivity contribution in [1.29, 1.82) is 5.41 Å². The molecule has 9 heteroatoms. The van der Waals surface area contributed by atoms with E-state index in [-0.39, 0.29) is 18.0 Å². The van der Waals surface area contributed by atoms with E-state index in [1.807, 2.05) is 42.5 Å².